The molecule has 35 heavy (non-hydrogen) atoms. The van der Waals surface area contributed by atoms with Crippen molar-refractivity contribution in [1.29, 1.82) is 0 Å². The summed E-state index contributed by atoms with van der Waals surface area (Å²) < 4.78 is 5.68. The number of alkyl carbamates (subject to hydrolysis) is 1. The van der Waals surface area contributed by atoms with Gasteiger partial charge in [-0.3, -0.25) is 9.59 Å². The van der Waals surface area contributed by atoms with Crippen LogP contribution in [0.4, 0.5) is 4.79 Å². The van der Waals surface area contributed by atoms with Gasteiger partial charge in [-0.05, 0) is 45.9 Å². The Hall–Kier alpha value is -3.35. The van der Waals surface area contributed by atoms with Crippen LogP contribution >= 0.6 is 0 Å². The number of benzene rings is 2. The average Bonchev–Trinajstić information content (AvgIpc) is 3.47. The summed E-state index contributed by atoms with van der Waals surface area (Å²) in [5.41, 5.74) is 4.04. The number of carboxylic acid groups (broad SMARTS) is 1. The number of piperidine rings is 1. The third kappa shape index (κ3) is 4.28. The Morgan fingerprint density at radius 3 is 2.20 bits per heavy atom. The molecule has 2 unspecified atom stereocenters. The van der Waals surface area contributed by atoms with Crippen LogP contribution in [0.2, 0.25) is 0 Å². The Morgan fingerprint density at radius 2 is 1.63 bits per heavy atom. The predicted octanol–water partition coefficient (Wildman–Crippen LogP) is 4.12. The number of hydrogen-bond donors (Lipinski definition) is 2. The van der Waals surface area contributed by atoms with Crippen LogP contribution in [0.3, 0.4) is 0 Å². The smallest absolute Gasteiger partial charge is 0.407 e. The molecule has 1 heterocycles. The van der Waals surface area contributed by atoms with Crippen LogP contribution in [-0.2, 0) is 14.3 Å². The first-order valence-electron chi connectivity index (χ1n) is 12.3. The van der Waals surface area contributed by atoms with Crippen molar-refractivity contribution in [1.82, 2.24) is 10.2 Å². The summed E-state index contributed by atoms with van der Waals surface area (Å²) in [6.07, 6.45) is 0.0692. The molecule has 1 aliphatic heterocycles. The minimum atomic E-state index is -0.779. The van der Waals surface area contributed by atoms with Crippen molar-refractivity contribution in [3.05, 3.63) is 59.7 Å². The van der Waals surface area contributed by atoms with Gasteiger partial charge in [-0.25, -0.2) is 4.79 Å². The van der Waals surface area contributed by atoms with Crippen molar-refractivity contribution in [3.8, 4) is 11.1 Å². The maximum absolute atomic E-state index is 13.4. The third-order valence-electron chi connectivity index (χ3n) is 7.81. The molecule has 0 radical (unpaired) electrons. The number of carbonyl (C=O) groups is 3. The molecule has 1 saturated heterocycles. The van der Waals surface area contributed by atoms with E-state index in [9.17, 15) is 19.5 Å². The number of nitrogens with one attached hydrogen (secondary N) is 1. The van der Waals surface area contributed by atoms with Crippen LogP contribution in [0.5, 0.6) is 0 Å². The van der Waals surface area contributed by atoms with Gasteiger partial charge in [-0.2, -0.15) is 0 Å². The molecule has 2 aliphatic carbocycles. The van der Waals surface area contributed by atoms with E-state index >= 15 is 0 Å². The molecule has 0 aromatic heterocycles. The summed E-state index contributed by atoms with van der Waals surface area (Å²) >= 11 is 0. The Bertz CT molecular complexity index is 1120. The molecule has 7 heteroatoms. The first kappa shape index (κ1) is 23.4. The van der Waals surface area contributed by atoms with Gasteiger partial charge in [0, 0.05) is 19.0 Å². The number of aliphatic carboxylic acids is 1. The summed E-state index contributed by atoms with van der Waals surface area (Å²) in [6.45, 7) is 6.84. The molecule has 184 valence electrons. The molecule has 2 fully saturated rings. The lowest BCUT2D eigenvalue weighted by atomic mass is 9.85. The van der Waals surface area contributed by atoms with Crippen molar-refractivity contribution in [2.45, 2.75) is 39.2 Å². The van der Waals surface area contributed by atoms with Crippen LogP contribution in [0, 0.1) is 23.2 Å². The van der Waals surface area contributed by atoms with Crippen molar-refractivity contribution in [2.24, 2.45) is 23.2 Å². The predicted molar refractivity (Wildman–Crippen MR) is 131 cm³/mol. The zero-order valence-corrected chi connectivity index (χ0v) is 20.4. The molecule has 2 aromatic rings. The number of amides is 2. The number of carboxylic acids is 1. The maximum atomic E-state index is 13.4. The van der Waals surface area contributed by atoms with E-state index in [1.165, 1.54) is 0 Å². The van der Waals surface area contributed by atoms with Crippen molar-refractivity contribution < 1.29 is 24.2 Å². The standard InChI is InChI=1S/C28H32N2O5/c1-28(2,3)24(25(31)30-13-12-20-21(14-30)23(20)26(32)33)29-27(34)35-15-22-18-10-6-4-8-16(18)17-9-5-7-11-19(17)22/h4-11,20-24H,12-15H2,1-3H3,(H,29,34)(H,32,33)/t20-,21+,23?,24?/m1/s1. The van der Waals surface area contributed by atoms with Crippen LogP contribution in [0.25, 0.3) is 11.1 Å². The number of hydrogen-bond acceptors (Lipinski definition) is 4. The second kappa shape index (κ2) is 8.70. The number of carbonyl (C=O) groups excluding carboxylic acids is 2. The molecular weight excluding hydrogens is 444 g/mol. The van der Waals surface area contributed by atoms with Crippen LogP contribution in [0.1, 0.15) is 44.2 Å². The molecule has 0 bridgehead atoms. The molecule has 2 amide bonds. The van der Waals surface area contributed by atoms with Gasteiger partial charge in [-0.1, -0.05) is 69.3 Å². The minimum Gasteiger partial charge on any atom is -0.481 e. The van der Waals surface area contributed by atoms with Gasteiger partial charge in [0.1, 0.15) is 12.6 Å². The number of rotatable bonds is 5. The Labute approximate surface area is 205 Å². The van der Waals surface area contributed by atoms with E-state index in [1.54, 1.807) is 4.90 Å². The molecule has 2 aromatic carbocycles. The topological polar surface area (TPSA) is 95.9 Å². The molecule has 5 rings (SSSR count). The van der Waals surface area contributed by atoms with Gasteiger partial charge in [0.2, 0.25) is 5.91 Å². The van der Waals surface area contributed by atoms with Crippen molar-refractivity contribution in [3.63, 3.8) is 0 Å². The Balaban J connectivity index is 1.25. The van der Waals surface area contributed by atoms with E-state index in [1.807, 2.05) is 45.0 Å². The molecule has 2 N–H and O–H groups in total. The normalized spacial score (nSPS) is 23.5. The summed E-state index contributed by atoms with van der Waals surface area (Å²) in [6, 6.07) is 15.5. The van der Waals surface area contributed by atoms with E-state index in [0.717, 1.165) is 22.3 Å². The van der Waals surface area contributed by atoms with E-state index in [4.69, 9.17) is 4.74 Å². The number of nitrogens with zero attached hydrogens (tertiary/aromatic N) is 1. The largest absolute Gasteiger partial charge is 0.481 e. The highest BCUT2D eigenvalue weighted by Crippen LogP contribution is 2.52. The maximum Gasteiger partial charge on any atom is 0.407 e. The molecule has 3 aliphatic rings. The Morgan fingerprint density at radius 1 is 1.03 bits per heavy atom. The van der Waals surface area contributed by atoms with Gasteiger partial charge in [-0.15, -0.1) is 0 Å². The molecule has 4 atom stereocenters. The zero-order chi connectivity index (χ0) is 24.9. The summed E-state index contributed by atoms with van der Waals surface area (Å²) in [5, 5.41) is 12.2. The van der Waals surface area contributed by atoms with Gasteiger partial charge in [0.05, 0.1) is 5.92 Å². The van der Waals surface area contributed by atoms with E-state index < -0.39 is 23.5 Å². The SMILES string of the molecule is CC(C)(C)C(NC(=O)OCC1c2ccccc2-c2ccccc21)C(=O)N1CC[C@H]2C(C(=O)O)[C@H]2C1. The van der Waals surface area contributed by atoms with E-state index in [2.05, 4.69) is 29.6 Å². The summed E-state index contributed by atoms with van der Waals surface area (Å²) in [5.74, 6) is -1.19. The minimum absolute atomic E-state index is 0.0141. The van der Waals surface area contributed by atoms with E-state index in [-0.39, 0.29) is 36.2 Å². The third-order valence-corrected chi connectivity index (χ3v) is 7.81. The van der Waals surface area contributed by atoms with Crippen LogP contribution in [0.15, 0.2) is 48.5 Å². The lowest BCUT2D eigenvalue weighted by Gasteiger charge is -2.36. The van der Waals surface area contributed by atoms with Crippen molar-refractivity contribution >= 4 is 18.0 Å². The fourth-order valence-electron chi connectivity index (χ4n) is 5.89. The van der Waals surface area contributed by atoms with Gasteiger partial charge >= 0.3 is 12.1 Å². The second-order valence-electron chi connectivity index (χ2n) is 11.0. The highest BCUT2D eigenvalue weighted by molar-refractivity contribution is 5.87. The number of fused-ring (bicyclic) bond motifs is 4. The van der Waals surface area contributed by atoms with Crippen LogP contribution < -0.4 is 5.32 Å². The van der Waals surface area contributed by atoms with Gasteiger partial charge < -0.3 is 20.1 Å². The molecule has 1 saturated carbocycles. The fraction of sp³-hybridized carbons (Fsp3) is 0.464. The summed E-state index contributed by atoms with van der Waals surface area (Å²) in [4.78, 5) is 39.4. The first-order chi connectivity index (χ1) is 16.7. The lowest BCUT2D eigenvalue weighted by molar-refractivity contribution is -0.140. The lowest BCUT2D eigenvalue weighted by Crippen LogP contribution is -2.56. The fourth-order valence-corrected chi connectivity index (χ4v) is 5.89. The number of ether oxygens (including phenoxy) is 1. The number of likely N-dealkylation sites (tertiary alicyclic amines) is 1. The quantitative estimate of drug-likeness (QED) is 0.677. The Kier molecular flexibility index (Phi) is 5.82. The highest BCUT2D eigenvalue weighted by atomic mass is 16.5. The molecule has 0 spiro atoms. The first-order valence-corrected chi connectivity index (χ1v) is 12.3. The monoisotopic (exact) mass is 476 g/mol. The van der Waals surface area contributed by atoms with Crippen molar-refractivity contribution in [2.75, 3.05) is 19.7 Å². The summed E-state index contributed by atoms with van der Waals surface area (Å²) in [7, 11) is 0. The second-order valence-corrected chi connectivity index (χ2v) is 11.0. The van der Waals surface area contributed by atoms with Gasteiger partial charge in [0.15, 0.2) is 0 Å². The zero-order valence-electron chi connectivity index (χ0n) is 20.4. The van der Waals surface area contributed by atoms with Crippen LogP contribution in [-0.4, -0.2) is 53.7 Å². The average molecular weight is 477 g/mol. The van der Waals surface area contributed by atoms with E-state index in [0.29, 0.717) is 19.5 Å². The molecule has 7 nitrogen and oxygen atoms in total. The highest BCUT2D eigenvalue weighted by Gasteiger charge is 2.58. The molecular formula is C28H32N2O5. The van der Waals surface area contributed by atoms with Gasteiger partial charge in [0.25, 0.3) is 0 Å².